The first-order chi connectivity index (χ1) is 6.36. The Labute approximate surface area is 78.3 Å². The van der Waals surface area contributed by atoms with Gasteiger partial charge in [0.15, 0.2) is 0 Å². The first-order valence-corrected chi connectivity index (χ1v) is 5.30. The molecule has 0 amide bonds. The van der Waals surface area contributed by atoms with E-state index in [0.717, 1.165) is 11.8 Å². The monoisotopic (exact) mass is 180 g/mol. The molecule has 2 heteroatoms. The molecule has 0 aromatic rings. The molecule has 2 N–H and O–H groups in total. The molecule has 72 valence electrons. The third kappa shape index (κ3) is 0.810. The zero-order valence-electron chi connectivity index (χ0n) is 7.74. The summed E-state index contributed by atoms with van der Waals surface area (Å²) in [5.74, 6) is 3.00. The van der Waals surface area contributed by atoms with Crippen LogP contribution < -0.4 is 0 Å². The van der Waals surface area contributed by atoms with Gasteiger partial charge < -0.3 is 10.2 Å². The molecule has 0 unspecified atom stereocenters. The highest BCUT2D eigenvalue weighted by molar-refractivity contribution is 5.38. The number of hydrogen-bond donors (Lipinski definition) is 2. The number of aliphatic hydroxyl groups is 2. The Morgan fingerprint density at radius 2 is 1.38 bits per heavy atom. The summed E-state index contributed by atoms with van der Waals surface area (Å²) in [6, 6.07) is 0. The van der Waals surface area contributed by atoms with Crippen LogP contribution in [-0.4, -0.2) is 23.4 Å². The van der Waals surface area contributed by atoms with Gasteiger partial charge in [0.2, 0.25) is 0 Å². The molecule has 2 fully saturated rings. The van der Waals surface area contributed by atoms with Crippen molar-refractivity contribution in [3.63, 3.8) is 0 Å². The van der Waals surface area contributed by atoms with E-state index in [-0.39, 0.29) is 13.2 Å². The van der Waals surface area contributed by atoms with Gasteiger partial charge in [-0.15, -0.1) is 0 Å². The van der Waals surface area contributed by atoms with Crippen LogP contribution in [0.2, 0.25) is 0 Å². The van der Waals surface area contributed by atoms with Gasteiger partial charge in [-0.1, -0.05) is 0 Å². The predicted octanol–water partition coefficient (Wildman–Crippen LogP) is 0.944. The van der Waals surface area contributed by atoms with Gasteiger partial charge >= 0.3 is 0 Å². The van der Waals surface area contributed by atoms with E-state index in [2.05, 4.69) is 0 Å². The van der Waals surface area contributed by atoms with Gasteiger partial charge in [-0.25, -0.2) is 0 Å². The van der Waals surface area contributed by atoms with Crippen molar-refractivity contribution in [1.82, 2.24) is 0 Å². The minimum Gasteiger partial charge on any atom is -0.392 e. The summed E-state index contributed by atoms with van der Waals surface area (Å²) in [4.78, 5) is 0. The van der Waals surface area contributed by atoms with Crippen LogP contribution >= 0.6 is 0 Å². The minimum atomic E-state index is 0.181. The van der Waals surface area contributed by atoms with Gasteiger partial charge in [-0.3, -0.25) is 0 Å². The van der Waals surface area contributed by atoms with Gasteiger partial charge in [0.25, 0.3) is 0 Å². The smallest absolute Gasteiger partial charge is 0.0648 e. The molecular formula is C11H16O2. The van der Waals surface area contributed by atoms with Crippen LogP contribution in [-0.2, 0) is 0 Å². The molecule has 0 radical (unpaired) electrons. The first-order valence-electron chi connectivity index (χ1n) is 5.30. The van der Waals surface area contributed by atoms with E-state index >= 15 is 0 Å². The summed E-state index contributed by atoms with van der Waals surface area (Å²) in [6.07, 6.45) is 4.06. The Kier molecular flexibility index (Phi) is 1.59. The maximum Gasteiger partial charge on any atom is 0.0648 e. The molecule has 2 saturated carbocycles. The second-order valence-corrected chi connectivity index (χ2v) is 4.75. The maximum absolute atomic E-state index is 9.19. The largest absolute Gasteiger partial charge is 0.392 e. The fraction of sp³-hybridized carbons (Fsp3) is 0.818. The Balaban J connectivity index is 1.94. The zero-order valence-corrected chi connectivity index (χ0v) is 7.74. The molecular weight excluding hydrogens is 164 g/mol. The van der Waals surface area contributed by atoms with Crippen LogP contribution in [0.1, 0.15) is 19.3 Å². The molecule has 2 bridgehead atoms. The second kappa shape index (κ2) is 2.58. The van der Waals surface area contributed by atoms with E-state index in [1.165, 1.54) is 30.4 Å². The summed E-state index contributed by atoms with van der Waals surface area (Å²) < 4.78 is 0. The molecule has 3 aliphatic carbocycles. The summed E-state index contributed by atoms with van der Waals surface area (Å²) in [7, 11) is 0. The lowest BCUT2D eigenvalue weighted by Gasteiger charge is -2.44. The van der Waals surface area contributed by atoms with Crippen molar-refractivity contribution in [3.05, 3.63) is 11.1 Å². The van der Waals surface area contributed by atoms with Crippen LogP contribution in [0.5, 0.6) is 0 Å². The molecule has 0 saturated heterocycles. The molecule has 2 nitrogen and oxygen atoms in total. The molecule has 0 heterocycles. The van der Waals surface area contributed by atoms with E-state index in [1.54, 1.807) is 0 Å². The summed E-state index contributed by atoms with van der Waals surface area (Å²) in [5.41, 5.74) is 2.36. The van der Waals surface area contributed by atoms with Crippen molar-refractivity contribution in [1.29, 1.82) is 0 Å². The predicted molar refractivity (Wildman–Crippen MR) is 49.0 cm³/mol. The van der Waals surface area contributed by atoms with E-state index in [0.29, 0.717) is 11.8 Å². The molecule has 3 rings (SSSR count). The Hall–Kier alpha value is -0.340. The average molecular weight is 180 g/mol. The topological polar surface area (TPSA) is 40.5 Å². The third-order valence-electron chi connectivity index (χ3n) is 4.47. The SMILES string of the molecule is OCC1=C(CO)[C@H]2[C@@H]3CC[C@@H](C3)[C@@H]12. The molecule has 0 aromatic heterocycles. The lowest BCUT2D eigenvalue weighted by molar-refractivity contribution is 0.174. The Morgan fingerprint density at radius 3 is 1.77 bits per heavy atom. The van der Waals surface area contributed by atoms with Gasteiger partial charge in [-0.05, 0) is 54.1 Å². The normalized spacial score (nSPS) is 46.6. The molecule has 0 spiro atoms. The molecule has 0 aromatic carbocycles. The number of hydrogen-bond acceptors (Lipinski definition) is 2. The highest BCUT2D eigenvalue weighted by atomic mass is 16.3. The van der Waals surface area contributed by atoms with Gasteiger partial charge in [-0.2, -0.15) is 0 Å². The molecule has 13 heavy (non-hydrogen) atoms. The summed E-state index contributed by atoms with van der Waals surface area (Å²) in [6.45, 7) is 0.362. The van der Waals surface area contributed by atoms with Crippen LogP contribution in [0.25, 0.3) is 0 Å². The Morgan fingerprint density at radius 1 is 0.923 bits per heavy atom. The van der Waals surface area contributed by atoms with Crippen molar-refractivity contribution in [2.45, 2.75) is 19.3 Å². The van der Waals surface area contributed by atoms with Crippen molar-refractivity contribution < 1.29 is 10.2 Å². The Bertz CT molecular complexity index is 243. The number of fused-ring (bicyclic) bond motifs is 5. The van der Waals surface area contributed by atoms with E-state index in [4.69, 9.17) is 0 Å². The lowest BCUT2D eigenvalue weighted by atomic mass is 9.61. The highest BCUT2D eigenvalue weighted by Crippen LogP contribution is 2.63. The summed E-state index contributed by atoms with van der Waals surface area (Å²) in [5, 5.41) is 18.4. The van der Waals surface area contributed by atoms with E-state index in [1.807, 2.05) is 0 Å². The minimum absolute atomic E-state index is 0.181. The zero-order chi connectivity index (χ0) is 9.00. The molecule has 4 atom stereocenters. The van der Waals surface area contributed by atoms with Crippen LogP contribution in [0.3, 0.4) is 0 Å². The van der Waals surface area contributed by atoms with E-state index in [9.17, 15) is 10.2 Å². The fourth-order valence-electron chi connectivity index (χ4n) is 4.04. The lowest BCUT2D eigenvalue weighted by Crippen LogP contribution is -2.38. The van der Waals surface area contributed by atoms with Crippen LogP contribution in [0, 0.1) is 23.7 Å². The molecule has 3 aliphatic rings. The van der Waals surface area contributed by atoms with E-state index < -0.39 is 0 Å². The standard InChI is InChI=1S/C11H16O2/c12-4-8-9(5-13)11-7-2-1-6(3-7)10(8)11/h6-7,10-13H,1-5H2/t6-,7+,10-,11+. The van der Waals surface area contributed by atoms with Crippen molar-refractivity contribution in [2.75, 3.05) is 13.2 Å². The third-order valence-corrected chi connectivity index (χ3v) is 4.47. The van der Waals surface area contributed by atoms with Gasteiger partial charge in [0, 0.05) is 0 Å². The van der Waals surface area contributed by atoms with Crippen molar-refractivity contribution in [3.8, 4) is 0 Å². The quantitative estimate of drug-likeness (QED) is 0.621. The summed E-state index contributed by atoms with van der Waals surface area (Å²) >= 11 is 0. The fourth-order valence-corrected chi connectivity index (χ4v) is 4.04. The number of aliphatic hydroxyl groups excluding tert-OH is 2. The van der Waals surface area contributed by atoms with Crippen LogP contribution in [0.4, 0.5) is 0 Å². The van der Waals surface area contributed by atoms with Crippen molar-refractivity contribution in [2.24, 2.45) is 23.7 Å². The first kappa shape index (κ1) is 8.01. The van der Waals surface area contributed by atoms with Crippen LogP contribution in [0.15, 0.2) is 11.1 Å². The second-order valence-electron chi connectivity index (χ2n) is 4.75. The average Bonchev–Trinajstić information content (AvgIpc) is 2.63. The van der Waals surface area contributed by atoms with Crippen molar-refractivity contribution >= 4 is 0 Å². The van der Waals surface area contributed by atoms with Gasteiger partial charge in [0.05, 0.1) is 13.2 Å². The highest BCUT2D eigenvalue weighted by Gasteiger charge is 2.55. The number of rotatable bonds is 2. The maximum atomic E-state index is 9.19. The van der Waals surface area contributed by atoms with Gasteiger partial charge in [0.1, 0.15) is 0 Å². The molecule has 0 aliphatic heterocycles.